The fourth-order valence-electron chi connectivity index (χ4n) is 3.00. The molecule has 0 bridgehead atoms. The van der Waals surface area contributed by atoms with Crippen LogP contribution < -0.4 is 5.32 Å². The van der Waals surface area contributed by atoms with Crippen LogP contribution in [0, 0.1) is 0 Å². The third-order valence-corrected chi connectivity index (χ3v) is 4.68. The average Bonchev–Trinajstić information content (AvgIpc) is 3.22. The van der Waals surface area contributed by atoms with Crippen LogP contribution in [0.25, 0.3) is 0 Å². The fraction of sp³-hybridized carbons (Fsp3) is 0.938. The van der Waals surface area contributed by atoms with Gasteiger partial charge in [0.25, 0.3) is 0 Å². The summed E-state index contributed by atoms with van der Waals surface area (Å²) in [6, 6.07) is 0.892. The molecule has 21 heavy (non-hydrogen) atoms. The van der Waals surface area contributed by atoms with E-state index in [1.165, 1.54) is 0 Å². The monoisotopic (exact) mass is 298 g/mol. The Labute approximate surface area is 128 Å². The van der Waals surface area contributed by atoms with Gasteiger partial charge in [-0.05, 0) is 59.4 Å². The summed E-state index contributed by atoms with van der Waals surface area (Å²) in [5.41, 5.74) is -0.759. The molecular weight excluding hydrogens is 268 g/mol. The van der Waals surface area contributed by atoms with Crippen LogP contribution in [0.15, 0.2) is 0 Å². The second-order valence-electron chi connectivity index (χ2n) is 7.00. The molecule has 0 radical (unpaired) electrons. The van der Waals surface area contributed by atoms with Crippen molar-refractivity contribution < 1.29 is 14.6 Å². The molecule has 1 aliphatic heterocycles. The van der Waals surface area contributed by atoms with E-state index in [1.807, 2.05) is 6.92 Å². The summed E-state index contributed by atoms with van der Waals surface area (Å²) < 4.78 is 5.63. The van der Waals surface area contributed by atoms with Gasteiger partial charge in [-0.25, -0.2) is 0 Å². The molecule has 2 rings (SSSR count). The van der Waals surface area contributed by atoms with E-state index in [1.54, 1.807) is 0 Å². The number of unbranched alkanes of at least 4 members (excludes halogenated alkanes) is 1. The van der Waals surface area contributed by atoms with Gasteiger partial charge in [-0.15, -0.1) is 0 Å². The van der Waals surface area contributed by atoms with Crippen molar-refractivity contribution >= 4 is 5.97 Å². The zero-order valence-corrected chi connectivity index (χ0v) is 13.6. The van der Waals surface area contributed by atoms with Gasteiger partial charge in [0, 0.05) is 18.6 Å². The molecule has 5 nitrogen and oxygen atoms in total. The summed E-state index contributed by atoms with van der Waals surface area (Å²) in [6.45, 7) is 8.96. The molecule has 3 atom stereocenters. The second kappa shape index (κ2) is 7.07. The van der Waals surface area contributed by atoms with Crippen molar-refractivity contribution in [1.82, 2.24) is 10.2 Å². The van der Waals surface area contributed by atoms with Gasteiger partial charge in [0.2, 0.25) is 0 Å². The summed E-state index contributed by atoms with van der Waals surface area (Å²) in [7, 11) is 0. The Hall–Kier alpha value is -0.650. The summed E-state index contributed by atoms with van der Waals surface area (Å²) in [5.74, 6) is -0.720. The molecule has 2 fully saturated rings. The molecule has 2 aliphatic rings. The van der Waals surface area contributed by atoms with Crippen molar-refractivity contribution in [3.63, 3.8) is 0 Å². The van der Waals surface area contributed by atoms with E-state index >= 15 is 0 Å². The van der Waals surface area contributed by atoms with Crippen molar-refractivity contribution in [2.75, 3.05) is 19.7 Å². The van der Waals surface area contributed by atoms with Crippen LogP contribution >= 0.6 is 0 Å². The van der Waals surface area contributed by atoms with E-state index in [4.69, 9.17) is 4.74 Å². The van der Waals surface area contributed by atoms with E-state index in [9.17, 15) is 9.90 Å². The van der Waals surface area contributed by atoms with Crippen LogP contribution in [0.3, 0.4) is 0 Å². The molecule has 1 heterocycles. The molecule has 0 aromatic heterocycles. The molecule has 0 spiro atoms. The first-order valence-corrected chi connectivity index (χ1v) is 8.27. The van der Waals surface area contributed by atoms with Crippen molar-refractivity contribution in [1.29, 1.82) is 0 Å². The number of carbonyl (C=O) groups is 1. The van der Waals surface area contributed by atoms with E-state index in [2.05, 4.69) is 24.1 Å². The maximum absolute atomic E-state index is 11.5. The number of hydrogen-bond donors (Lipinski definition) is 2. The first-order valence-electron chi connectivity index (χ1n) is 8.27. The van der Waals surface area contributed by atoms with Crippen molar-refractivity contribution in [2.45, 2.75) is 76.6 Å². The van der Waals surface area contributed by atoms with Crippen LogP contribution in [0.4, 0.5) is 0 Å². The van der Waals surface area contributed by atoms with Crippen LogP contribution in [0.5, 0.6) is 0 Å². The Kier molecular flexibility index (Phi) is 5.63. The highest BCUT2D eigenvalue weighted by atomic mass is 16.5. The standard InChI is InChI=1S/C16H30N2O3/c1-12-11-21-13(2)10-18(12)9-5-4-8-16(3,15(19)20)17-14-6-7-14/h12-14,17H,4-11H2,1-3H3,(H,19,20). The lowest BCUT2D eigenvalue weighted by molar-refractivity contribution is -0.144. The summed E-state index contributed by atoms with van der Waals surface area (Å²) in [4.78, 5) is 13.9. The predicted molar refractivity (Wildman–Crippen MR) is 82.5 cm³/mol. The summed E-state index contributed by atoms with van der Waals surface area (Å²) in [5, 5.41) is 12.7. The van der Waals surface area contributed by atoms with Crippen molar-refractivity contribution in [3.8, 4) is 0 Å². The van der Waals surface area contributed by atoms with Gasteiger partial charge in [-0.2, -0.15) is 0 Å². The highest BCUT2D eigenvalue weighted by molar-refractivity contribution is 5.78. The number of rotatable bonds is 8. The van der Waals surface area contributed by atoms with E-state index < -0.39 is 11.5 Å². The number of carboxylic acid groups (broad SMARTS) is 1. The third-order valence-electron chi connectivity index (χ3n) is 4.68. The molecule has 0 amide bonds. The maximum Gasteiger partial charge on any atom is 0.323 e. The predicted octanol–water partition coefficient (Wildman–Crippen LogP) is 1.86. The maximum atomic E-state index is 11.5. The van der Waals surface area contributed by atoms with Gasteiger partial charge < -0.3 is 9.84 Å². The molecule has 1 saturated carbocycles. The number of morpholine rings is 1. The lowest BCUT2D eigenvalue weighted by Crippen LogP contribution is -2.50. The summed E-state index contributed by atoms with van der Waals surface area (Å²) >= 11 is 0. The smallest absolute Gasteiger partial charge is 0.323 e. The van der Waals surface area contributed by atoms with Gasteiger partial charge in [0.1, 0.15) is 5.54 Å². The van der Waals surface area contributed by atoms with Crippen LogP contribution in [0.1, 0.15) is 52.9 Å². The van der Waals surface area contributed by atoms with E-state index in [0.717, 1.165) is 45.4 Å². The number of hydrogen-bond acceptors (Lipinski definition) is 4. The highest BCUT2D eigenvalue weighted by Gasteiger charge is 2.37. The fourth-order valence-corrected chi connectivity index (χ4v) is 3.00. The largest absolute Gasteiger partial charge is 0.480 e. The highest BCUT2D eigenvalue weighted by Crippen LogP contribution is 2.25. The molecule has 122 valence electrons. The Bertz CT molecular complexity index is 359. The van der Waals surface area contributed by atoms with E-state index in [0.29, 0.717) is 24.6 Å². The van der Waals surface area contributed by atoms with E-state index in [-0.39, 0.29) is 0 Å². The van der Waals surface area contributed by atoms with Gasteiger partial charge in [-0.1, -0.05) is 0 Å². The van der Waals surface area contributed by atoms with Crippen LogP contribution in [0.2, 0.25) is 0 Å². The number of aliphatic carboxylic acids is 1. The Morgan fingerprint density at radius 2 is 2.10 bits per heavy atom. The molecule has 5 heteroatoms. The number of nitrogens with zero attached hydrogens (tertiary/aromatic N) is 1. The first kappa shape index (κ1) is 16.7. The quantitative estimate of drug-likeness (QED) is 0.670. The molecular formula is C16H30N2O3. The molecule has 0 aromatic carbocycles. The Balaban J connectivity index is 1.70. The molecule has 1 aliphatic carbocycles. The molecule has 0 aromatic rings. The minimum Gasteiger partial charge on any atom is -0.480 e. The van der Waals surface area contributed by atoms with Gasteiger partial charge in [0.05, 0.1) is 12.7 Å². The number of carboxylic acids is 1. The normalized spacial score (nSPS) is 30.0. The number of ether oxygens (including phenoxy) is 1. The summed E-state index contributed by atoms with van der Waals surface area (Å²) in [6.07, 6.45) is 5.24. The first-order chi connectivity index (χ1) is 9.90. The zero-order chi connectivity index (χ0) is 15.5. The Morgan fingerprint density at radius 1 is 1.38 bits per heavy atom. The molecule has 2 N–H and O–H groups in total. The number of nitrogens with one attached hydrogen (secondary N) is 1. The van der Waals surface area contributed by atoms with Crippen molar-refractivity contribution in [2.24, 2.45) is 0 Å². The van der Waals surface area contributed by atoms with Crippen LogP contribution in [-0.2, 0) is 9.53 Å². The van der Waals surface area contributed by atoms with Gasteiger partial charge >= 0.3 is 5.97 Å². The minimum absolute atomic E-state index is 0.307. The topological polar surface area (TPSA) is 61.8 Å². The third kappa shape index (κ3) is 4.94. The molecule has 3 unspecified atom stereocenters. The van der Waals surface area contributed by atoms with Gasteiger partial charge in [0.15, 0.2) is 0 Å². The lowest BCUT2D eigenvalue weighted by Gasteiger charge is -2.37. The lowest BCUT2D eigenvalue weighted by atomic mass is 9.94. The van der Waals surface area contributed by atoms with Crippen LogP contribution in [-0.4, -0.2) is 59.4 Å². The van der Waals surface area contributed by atoms with Crippen molar-refractivity contribution in [3.05, 3.63) is 0 Å². The zero-order valence-electron chi connectivity index (χ0n) is 13.6. The second-order valence-corrected chi connectivity index (χ2v) is 7.00. The van der Waals surface area contributed by atoms with Gasteiger partial charge in [-0.3, -0.25) is 15.0 Å². The SMILES string of the molecule is CC1CN(CCCCC(C)(NC2CC2)C(=O)O)C(C)CO1. The minimum atomic E-state index is -0.759. The average molecular weight is 298 g/mol. The Morgan fingerprint density at radius 3 is 2.71 bits per heavy atom. The molecule has 1 saturated heterocycles.